The fraction of sp³-hybridized carbons (Fsp3) is 0.533. The zero-order valence-corrected chi connectivity index (χ0v) is 12.7. The summed E-state index contributed by atoms with van der Waals surface area (Å²) in [7, 11) is 0. The molecule has 1 heterocycles. The van der Waals surface area contributed by atoms with Crippen LogP contribution in [0.15, 0.2) is 12.1 Å². The van der Waals surface area contributed by atoms with Crippen LogP contribution in [0.1, 0.15) is 42.5 Å². The molecule has 1 amide bonds. The summed E-state index contributed by atoms with van der Waals surface area (Å²) < 4.78 is 0. The maximum absolute atomic E-state index is 12.6. The molecule has 0 unspecified atom stereocenters. The molecule has 2 aliphatic rings. The number of benzene rings is 1. The van der Waals surface area contributed by atoms with E-state index in [-0.39, 0.29) is 22.2 Å². The molecule has 1 saturated carbocycles. The molecule has 5 heteroatoms. The highest BCUT2D eigenvalue weighted by Crippen LogP contribution is 2.47. The van der Waals surface area contributed by atoms with Crippen molar-refractivity contribution in [2.24, 2.45) is 5.41 Å². The second kappa shape index (κ2) is 5.12. The summed E-state index contributed by atoms with van der Waals surface area (Å²) in [6, 6.07) is 2.86. The Morgan fingerprint density at radius 3 is 2.50 bits per heavy atom. The van der Waals surface area contributed by atoms with Crippen LogP contribution in [-0.2, 0) is 0 Å². The average Bonchev–Trinajstić information content (AvgIpc) is 2.35. The van der Waals surface area contributed by atoms with E-state index < -0.39 is 0 Å². The maximum atomic E-state index is 12.6. The van der Waals surface area contributed by atoms with Gasteiger partial charge >= 0.3 is 0 Å². The van der Waals surface area contributed by atoms with Crippen molar-refractivity contribution in [3.8, 4) is 5.75 Å². The first kappa shape index (κ1) is 14.0. The normalized spacial score (nSPS) is 20.8. The van der Waals surface area contributed by atoms with E-state index in [1.54, 1.807) is 0 Å². The highest BCUT2D eigenvalue weighted by molar-refractivity contribution is 6.37. The molecule has 1 aromatic carbocycles. The van der Waals surface area contributed by atoms with Gasteiger partial charge in [0.15, 0.2) is 0 Å². The molecule has 1 aliphatic heterocycles. The molecule has 1 aliphatic carbocycles. The SMILES string of the molecule is O=C(c1c(O)cc(Cl)cc1Cl)N1CCCC2(CCC2)C1. The van der Waals surface area contributed by atoms with Gasteiger partial charge in [-0.1, -0.05) is 29.6 Å². The van der Waals surface area contributed by atoms with Crippen LogP contribution in [0.4, 0.5) is 0 Å². The van der Waals surface area contributed by atoms with Crippen LogP contribution in [0.3, 0.4) is 0 Å². The van der Waals surface area contributed by atoms with Crippen molar-refractivity contribution in [1.82, 2.24) is 4.90 Å². The number of halogens is 2. The van der Waals surface area contributed by atoms with E-state index in [2.05, 4.69) is 0 Å². The number of hydrogen-bond acceptors (Lipinski definition) is 2. The van der Waals surface area contributed by atoms with E-state index in [0.29, 0.717) is 10.4 Å². The second-order valence-corrected chi connectivity index (χ2v) is 6.81. The number of phenolic OH excluding ortho intramolecular Hbond substituents is 1. The summed E-state index contributed by atoms with van der Waals surface area (Å²) in [4.78, 5) is 14.4. The van der Waals surface area contributed by atoms with Gasteiger partial charge in [-0.15, -0.1) is 0 Å². The van der Waals surface area contributed by atoms with E-state index in [0.717, 1.165) is 19.5 Å². The van der Waals surface area contributed by atoms with Crippen molar-refractivity contribution in [2.45, 2.75) is 32.1 Å². The number of likely N-dealkylation sites (tertiary alicyclic amines) is 1. The van der Waals surface area contributed by atoms with Crippen molar-refractivity contribution < 1.29 is 9.90 Å². The molecule has 1 N–H and O–H groups in total. The minimum absolute atomic E-state index is 0.138. The zero-order valence-electron chi connectivity index (χ0n) is 11.2. The molecule has 20 heavy (non-hydrogen) atoms. The van der Waals surface area contributed by atoms with Gasteiger partial charge in [-0.3, -0.25) is 4.79 Å². The lowest BCUT2D eigenvalue weighted by molar-refractivity contribution is 0.0184. The number of rotatable bonds is 1. The van der Waals surface area contributed by atoms with E-state index >= 15 is 0 Å². The Bertz CT molecular complexity index is 532. The third-order valence-electron chi connectivity index (χ3n) is 4.61. The fourth-order valence-corrected chi connectivity index (χ4v) is 3.96. The molecule has 1 aromatic rings. The number of hydrogen-bond donors (Lipinski definition) is 1. The Hall–Kier alpha value is -0.930. The molecule has 1 spiro atoms. The molecule has 2 fully saturated rings. The first-order valence-corrected chi connectivity index (χ1v) is 7.74. The van der Waals surface area contributed by atoms with Crippen LogP contribution < -0.4 is 0 Å². The lowest BCUT2D eigenvalue weighted by atomic mass is 9.64. The molecule has 3 rings (SSSR count). The Balaban J connectivity index is 1.85. The summed E-state index contributed by atoms with van der Waals surface area (Å²) in [5.74, 6) is -0.323. The third-order valence-corrected chi connectivity index (χ3v) is 5.13. The van der Waals surface area contributed by atoms with Gasteiger partial charge < -0.3 is 10.0 Å². The summed E-state index contributed by atoms with van der Waals surface area (Å²) in [6.45, 7) is 1.52. The predicted molar refractivity (Wildman–Crippen MR) is 79.5 cm³/mol. The zero-order chi connectivity index (χ0) is 14.3. The lowest BCUT2D eigenvalue weighted by Crippen LogP contribution is -2.49. The number of carbonyl (C=O) groups is 1. The smallest absolute Gasteiger partial charge is 0.259 e. The topological polar surface area (TPSA) is 40.5 Å². The lowest BCUT2D eigenvalue weighted by Gasteiger charge is -2.49. The number of phenols is 1. The summed E-state index contributed by atoms with van der Waals surface area (Å²) in [5, 5.41) is 10.5. The Labute approximate surface area is 128 Å². The number of aromatic hydroxyl groups is 1. The largest absolute Gasteiger partial charge is 0.507 e. The summed E-state index contributed by atoms with van der Waals surface area (Å²) in [5.41, 5.74) is 0.495. The average molecular weight is 314 g/mol. The van der Waals surface area contributed by atoms with Gasteiger partial charge in [0.05, 0.1) is 10.6 Å². The second-order valence-electron chi connectivity index (χ2n) is 5.97. The Morgan fingerprint density at radius 2 is 1.90 bits per heavy atom. The van der Waals surface area contributed by atoms with E-state index in [1.807, 2.05) is 4.90 Å². The molecule has 0 aromatic heterocycles. The fourth-order valence-electron chi connectivity index (χ4n) is 3.40. The molecule has 0 atom stereocenters. The molecule has 0 radical (unpaired) electrons. The molecule has 3 nitrogen and oxygen atoms in total. The summed E-state index contributed by atoms with van der Waals surface area (Å²) >= 11 is 11.9. The number of piperidine rings is 1. The monoisotopic (exact) mass is 313 g/mol. The highest BCUT2D eigenvalue weighted by atomic mass is 35.5. The molecule has 0 bridgehead atoms. The predicted octanol–water partition coefficient (Wildman–Crippen LogP) is 4.11. The van der Waals surface area contributed by atoms with Crippen LogP contribution in [-0.4, -0.2) is 29.0 Å². The standard InChI is InChI=1S/C15H17Cl2NO2/c16-10-7-11(17)13(12(19)8-10)14(20)18-6-2-5-15(9-18)3-1-4-15/h7-8,19H,1-6,9H2. The van der Waals surface area contributed by atoms with Gasteiger partial charge in [-0.25, -0.2) is 0 Å². The van der Waals surface area contributed by atoms with Crippen molar-refractivity contribution in [3.05, 3.63) is 27.7 Å². The third kappa shape index (κ3) is 2.38. The van der Waals surface area contributed by atoms with Crippen LogP contribution >= 0.6 is 23.2 Å². The molecular weight excluding hydrogens is 297 g/mol. The first-order chi connectivity index (χ1) is 9.51. The quantitative estimate of drug-likeness (QED) is 0.847. The molecular formula is C15H17Cl2NO2. The number of nitrogens with zero attached hydrogens (tertiary/aromatic N) is 1. The Kier molecular flexibility index (Phi) is 3.59. The minimum atomic E-state index is -0.185. The number of carbonyl (C=O) groups excluding carboxylic acids is 1. The van der Waals surface area contributed by atoms with Gasteiger partial charge in [0.25, 0.3) is 5.91 Å². The van der Waals surface area contributed by atoms with E-state index in [1.165, 1.54) is 37.8 Å². The Morgan fingerprint density at radius 1 is 1.20 bits per heavy atom. The van der Waals surface area contributed by atoms with Gasteiger partial charge in [-0.05, 0) is 43.2 Å². The van der Waals surface area contributed by atoms with Gasteiger partial charge in [0.1, 0.15) is 5.75 Å². The molecule has 1 saturated heterocycles. The van der Waals surface area contributed by atoms with Crippen molar-refractivity contribution >= 4 is 29.1 Å². The van der Waals surface area contributed by atoms with E-state index in [4.69, 9.17) is 23.2 Å². The van der Waals surface area contributed by atoms with E-state index in [9.17, 15) is 9.90 Å². The first-order valence-electron chi connectivity index (χ1n) is 6.98. The minimum Gasteiger partial charge on any atom is -0.507 e. The van der Waals surface area contributed by atoms with Crippen molar-refractivity contribution in [3.63, 3.8) is 0 Å². The van der Waals surface area contributed by atoms with Crippen LogP contribution in [0.25, 0.3) is 0 Å². The van der Waals surface area contributed by atoms with Gasteiger partial charge in [0.2, 0.25) is 0 Å². The molecule has 108 valence electrons. The van der Waals surface area contributed by atoms with Gasteiger partial charge in [-0.2, -0.15) is 0 Å². The highest BCUT2D eigenvalue weighted by Gasteiger charge is 2.42. The number of amides is 1. The van der Waals surface area contributed by atoms with Crippen LogP contribution in [0.5, 0.6) is 5.75 Å². The maximum Gasteiger partial charge on any atom is 0.259 e. The van der Waals surface area contributed by atoms with Crippen LogP contribution in [0.2, 0.25) is 10.0 Å². The van der Waals surface area contributed by atoms with Gasteiger partial charge in [0, 0.05) is 18.1 Å². The van der Waals surface area contributed by atoms with Crippen molar-refractivity contribution in [2.75, 3.05) is 13.1 Å². The van der Waals surface area contributed by atoms with Crippen LogP contribution in [0, 0.1) is 5.41 Å². The van der Waals surface area contributed by atoms with Crippen molar-refractivity contribution in [1.29, 1.82) is 0 Å². The summed E-state index contributed by atoms with van der Waals surface area (Å²) in [6.07, 6.45) is 5.90.